The van der Waals surface area contributed by atoms with Crippen molar-refractivity contribution in [2.24, 2.45) is 5.92 Å². The second-order valence-electron chi connectivity index (χ2n) is 5.89. The minimum Gasteiger partial charge on any atom is -0.453 e. The van der Waals surface area contributed by atoms with Crippen molar-refractivity contribution in [3.63, 3.8) is 0 Å². The highest BCUT2D eigenvalue weighted by Gasteiger charge is 2.23. The van der Waals surface area contributed by atoms with Gasteiger partial charge < -0.3 is 19.4 Å². The van der Waals surface area contributed by atoms with Crippen LogP contribution in [0.3, 0.4) is 0 Å². The number of hydrogen-bond donors (Lipinski definition) is 1. The monoisotopic (exact) mass is 342 g/mol. The highest BCUT2D eigenvalue weighted by molar-refractivity contribution is 9.10. The molecule has 0 saturated carbocycles. The van der Waals surface area contributed by atoms with Crippen molar-refractivity contribution in [1.82, 2.24) is 10.2 Å². The molecule has 112 valence electrons. The SMILES string of the molecule is Brc1ccc(CNC2CCN(CC3CCOC3)CC2)o1. The van der Waals surface area contributed by atoms with Crippen LogP contribution in [0.25, 0.3) is 0 Å². The largest absolute Gasteiger partial charge is 0.453 e. The average Bonchev–Trinajstić information content (AvgIpc) is 3.10. The average molecular weight is 343 g/mol. The zero-order valence-corrected chi connectivity index (χ0v) is 13.4. The lowest BCUT2D eigenvalue weighted by molar-refractivity contribution is 0.147. The summed E-state index contributed by atoms with van der Waals surface area (Å²) >= 11 is 3.34. The molecule has 1 aromatic rings. The fourth-order valence-electron chi connectivity index (χ4n) is 3.10. The molecule has 2 aliphatic rings. The van der Waals surface area contributed by atoms with Crippen molar-refractivity contribution in [2.75, 3.05) is 32.8 Å². The predicted octanol–water partition coefficient (Wildman–Crippen LogP) is 2.63. The van der Waals surface area contributed by atoms with Gasteiger partial charge in [-0.2, -0.15) is 0 Å². The molecule has 20 heavy (non-hydrogen) atoms. The molecule has 0 aliphatic carbocycles. The first-order valence-electron chi connectivity index (χ1n) is 7.57. The van der Waals surface area contributed by atoms with E-state index in [0.29, 0.717) is 6.04 Å². The molecule has 2 fully saturated rings. The minimum absolute atomic E-state index is 0.620. The Balaban J connectivity index is 1.35. The van der Waals surface area contributed by atoms with Crippen molar-refractivity contribution in [2.45, 2.75) is 31.8 Å². The van der Waals surface area contributed by atoms with Crippen LogP contribution in [-0.4, -0.2) is 43.8 Å². The Morgan fingerprint density at radius 1 is 1.25 bits per heavy atom. The fourth-order valence-corrected chi connectivity index (χ4v) is 3.44. The number of nitrogens with zero attached hydrogens (tertiary/aromatic N) is 1. The number of rotatable bonds is 5. The molecule has 0 aromatic carbocycles. The van der Waals surface area contributed by atoms with Crippen molar-refractivity contribution in [1.29, 1.82) is 0 Å². The molecule has 0 spiro atoms. The van der Waals surface area contributed by atoms with E-state index >= 15 is 0 Å². The van der Waals surface area contributed by atoms with E-state index in [1.807, 2.05) is 12.1 Å². The topological polar surface area (TPSA) is 37.6 Å². The lowest BCUT2D eigenvalue weighted by Gasteiger charge is -2.33. The van der Waals surface area contributed by atoms with E-state index in [2.05, 4.69) is 26.1 Å². The number of hydrogen-bond acceptors (Lipinski definition) is 4. The van der Waals surface area contributed by atoms with Gasteiger partial charge in [0.1, 0.15) is 5.76 Å². The van der Waals surface area contributed by atoms with Gasteiger partial charge in [-0.3, -0.25) is 0 Å². The van der Waals surface area contributed by atoms with Crippen molar-refractivity contribution >= 4 is 15.9 Å². The molecule has 2 saturated heterocycles. The second kappa shape index (κ2) is 7.07. The van der Waals surface area contributed by atoms with Crippen LogP contribution in [0.1, 0.15) is 25.0 Å². The Bertz CT molecular complexity index is 410. The third-order valence-corrected chi connectivity index (χ3v) is 4.75. The van der Waals surface area contributed by atoms with E-state index in [1.54, 1.807) is 0 Å². The molecule has 0 bridgehead atoms. The van der Waals surface area contributed by atoms with Crippen molar-refractivity contribution < 1.29 is 9.15 Å². The summed E-state index contributed by atoms with van der Waals surface area (Å²) in [6.45, 7) is 6.38. The maximum atomic E-state index is 5.51. The van der Waals surface area contributed by atoms with Crippen LogP contribution in [0, 0.1) is 5.92 Å². The Kier molecular flexibility index (Phi) is 5.15. The number of furan rings is 1. The molecule has 0 radical (unpaired) electrons. The van der Waals surface area contributed by atoms with E-state index in [4.69, 9.17) is 9.15 Å². The molecule has 4 nitrogen and oxygen atoms in total. The van der Waals surface area contributed by atoms with Gasteiger partial charge in [-0.05, 0) is 66.3 Å². The summed E-state index contributed by atoms with van der Waals surface area (Å²) in [5.74, 6) is 1.77. The van der Waals surface area contributed by atoms with E-state index in [-0.39, 0.29) is 0 Å². The van der Waals surface area contributed by atoms with Gasteiger partial charge in [-0.15, -0.1) is 0 Å². The molecule has 1 aromatic heterocycles. The van der Waals surface area contributed by atoms with E-state index in [0.717, 1.165) is 36.1 Å². The lowest BCUT2D eigenvalue weighted by Crippen LogP contribution is -2.43. The van der Waals surface area contributed by atoms with Crippen LogP contribution in [0.15, 0.2) is 21.2 Å². The first-order valence-corrected chi connectivity index (χ1v) is 8.36. The number of likely N-dealkylation sites (tertiary alicyclic amines) is 1. The summed E-state index contributed by atoms with van der Waals surface area (Å²) in [6, 6.07) is 4.59. The first-order chi connectivity index (χ1) is 9.79. The van der Waals surface area contributed by atoms with Crippen molar-refractivity contribution in [3.05, 3.63) is 22.6 Å². The Hall–Kier alpha value is -0.360. The zero-order chi connectivity index (χ0) is 13.8. The Labute approximate surface area is 129 Å². The third-order valence-electron chi connectivity index (χ3n) is 4.32. The van der Waals surface area contributed by atoms with Crippen LogP contribution < -0.4 is 5.32 Å². The number of ether oxygens (including phenoxy) is 1. The molecule has 3 heterocycles. The molecule has 0 amide bonds. The molecule has 1 unspecified atom stereocenters. The first kappa shape index (κ1) is 14.6. The van der Waals surface area contributed by atoms with Crippen LogP contribution in [0.4, 0.5) is 0 Å². The predicted molar refractivity (Wildman–Crippen MR) is 81.6 cm³/mol. The third kappa shape index (κ3) is 4.07. The minimum atomic E-state index is 0.620. The van der Waals surface area contributed by atoms with Crippen LogP contribution in [-0.2, 0) is 11.3 Å². The quantitative estimate of drug-likeness (QED) is 0.892. The van der Waals surface area contributed by atoms with Gasteiger partial charge in [0, 0.05) is 19.2 Å². The van der Waals surface area contributed by atoms with Gasteiger partial charge in [0.05, 0.1) is 13.2 Å². The van der Waals surface area contributed by atoms with Gasteiger partial charge in [-0.25, -0.2) is 0 Å². The summed E-state index contributed by atoms with van der Waals surface area (Å²) in [6.07, 6.45) is 3.70. The number of nitrogens with one attached hydrogen (secondary N) is 1. The van der Waals surface area contributed by atoms with Gasteiger partial charge in [0.15, 0.2) is 4.67 Å². The number of piperidine rings is 1. The summed E-state index contributed by atoms with van der Waals surface area (Å²) in [5, 5.41) is 3.60. The molecular formula is C15H23BrN2O2. The maximum Gasteiger partial charge on any atom is 0.169 e. The molecule has 5 heteroatoms. The molecule has 1 N–H and O–H groups in total. The summed E-state index contributed by atoms with van der Waals surface area (Å²) in [4.78, 5) is 2.60. The van der Waals surface area contributed by atoms with E-state index < -0.39 is 0 Å². The van der Waals surface area contributed by atoms with Gasteiger partial charge >= 0.3 is 0 Å². The molecular weight excluding hydrogens is 320 g/mol. The highest BCUT2D eigenvalue weighted by atomic mass is 79.9. The van der Waals surface area contributed by atoms with Gasteiger partial charge in [-0.1, -0.05) is 0 Å². The van der Waals surface area contributed by atoms with E-state index in [9.17, 15) is 0 Å². The van der Waals surface area contributed by atoms with Gasteiger partial charge in [0.2, 0.25) is 0 Å². The van der Waals surface area contributed by atoms with Crippen LogP contribution in [0.5, 0.6) is 0 Å². The van der Waals surface area contributed by atoms with Crippen LogP contribution in [0.2, 0.25) is 0 Å². The Morgan fingerprint density at radius 2 is 2.10 bits per heavy atom. The molecule has 3 rings (SSSR count). The molecule has 1 atom stereocenters. The zero-order valence-electron chi connectivity index (χ0n) is 11.8. The van der Waals surface area contributed by atoms with E-state index in [1.165, 1.54) is 38.9 Å². The second-order valence-corrected chi connectivity index (χ2v) is 6.67. The normalized spacial score (nSPS) is 25.4. The van der Waals surface area contributed by atoms with Crippen molar-refractivity contribution in [3.8, 4) is 0 Å². The maximum absolute atomic E-state index is 5.51. The van der Waals surface area contributed by atoms with Crippen LogP contribution >= 0.6 is 15.9 Å². The summed E-state index contributed by atoms with van der Waals surface area (Å²) in [5.41, 5.74) is 0. The summed E-state index contributed by atoms with van der Waals surface area (Å²) < 4.78 is 11.8. The van der Waals surface area contributed by atoms with Gasteiger partial charge in [0.25, 0.3) is 0 Å². The summed E-state index contributed by atoms with van der Waals surface area (Å²) in [7, 11) is 0. The number of halogens is 1. The standard InChI is InChI=1S/C15H23BrN2O2/c16-15-2-1-14(20-15)9-17-13-3-6-18(7-4-13)10-12-5-8-19-11-12/h1-2,12-13,17H,3-11H2. The molecule has 2 aliphatic heterocycles. The fraction of sp³-hybridized carbons (Fsp3) is 0.733. The highest BCUT2D eigenvalue weighted by Crippen LogP contribution is 2.18. The smallest absolute Gasteiger partial charge is 0.169 e. The lowest BCUT2D eigenvalue weighted by atomic mass is 10.0. The Morgan fingerprint density at radius 3 is 2.75 bits per heavy atom.